The highest BCUT2D eigenvalue weighted by molar-refractivity contribution is 8.14. The van der Waals surface area contributed by atoms with E-state index >= 15 is 0 Å². The van der Waals surface area contributed by atoms with E-state index in [1.807, 2.05) is 30.1 Å². The molecule has 0 spiro atoms. The number of aliphatic imine (C=N–C) groups is 1. The number of pyridine rings is 1. The molecule has 2 aromatic rings. The molecule has 4 nitrogen and oxygen atoms in total. The van der Waals surface area contributed by atoms with Crippen LogP contribution in [0.25, 0.3) is 0 Å². The standard InChI is InChI=1S/C16H18N4S/c1-11-10-20-15(13-7-5-9-19(13)2)14(18-16(20)21-11)12-6-3-4-8-17-12/h3-9,11,14-15H,10H2,1-2H3/t11-,14+,15-/m1/s1. The van der Waals surface area contributed by atoms with Crippen molar-refractivity contribution in [3.63, 3.8) is 0 Å². The van der Waals surface area contributed by atoms with Gasteiger partial charge in [-0.1, -0.05) is 24.8 Å². The maximum atomic E-state index is 4.98. The first kappa shape index (κ1) is 13.0. The molecule has 21 heavy (non-hydrogen) atoms. The van der Waals surface area contributed by atoms with Gasteiger partial charge in [0.05, 0.1) is 11.7 Å². The molecule has 0 amide bonds. The summed E-state index contributed by atoms with van der Waals surface area (Å²) in [5.74, 6) is 0. The molecule has 5 heteroatoms. The lowest BCUT2D eigenvalue weighted by molar-refractivity contribution is 0.309. The molecule has 2 aliphatic heterocycles. The number of aromatic nitrogens is 2. The van der Waals surface area contributed by atoms with Gasteiger partial charge >= 0.3 is 0 Å². The first-order valence-corrected chi connectivity index (χ1v) is 8.15. The third-order valence-corrected chi connectivity index (χ3v) is 5.27. The minimum atomic E-state index is 0.0924. The lowest BCUT2D eigenvalue weighted by Crippen LogP contribution is -2.29. The van der Waals surface area contributed by atoms with E-state index in [0.717, 1.165) is 12.2 Å². The monoisotopic (exact) mass is 298 g/mol. The molecule has 1 saturated heterocycles. The lowest BCUT2D eigenvalue weighted by Gasteiger charge is -2.27. The van der Waals surface area contributed by atoms with E-state index in [9.17, 15) is 0 Å². The number of amidine groups is 1. The van der Waals surface area contributed by atoms with Gasteiger partial charge in [-0.25, -0.2) is 0 Å². The summed E-state index contributed by atoms with van der Waals surface area (Å²) >= 11 is 1.88. The van der Waals surface area contributed by atoms with Crippen LogP contribution in [0, 0.1) is 0 Å². The van der Waals surface area contributed by atoms with Crippen LogP contribution in [0.4, 0.5) is 0 Å². The Kier molecular flexibility index (Phi) is 3.03. The van der Waals surface area contributed by atoms with Crippen LogP contribution in [0.5, 0.6) is 0 Å². The van der Waals surface area contributed by atoms with E-state index in [1.165, 1.54) is 10.9 Å². The summed E-state index contributed by atoms with van der Waals surface area (Å²) in [6.45, 7) is 3.33. The lowest BCUT2D eigenvalue weighted by atomic mass is 10.0. The fourth-order valence-electron chi connectivity index (χ4n) is 3.22. The predicted octanol–water partition coefficient (Wildman–Crippen LogP) is 3.01. The molecule has 0 radical (unpaired) electrons. The molecule has 108 valence electrons. The zero-order valence-electron chi connectivity index (χ0n) is 12.2. The van der Waals surface area contributed by atoms with Crippen molar-refractivity contribution in [2.24, 2.45) is 12.0 Å². The van der Waals surface area contributed by atoms with Gasteiger partial charge in [-0.15, -0.1) is 0 Å². The molecule has 0 aromatic carbocycles. The number of thioether (sulfide) groups is 1. The van der Waals surface area contributed by atoms with Crippen LogP contribution in [0.15, 0.2) is 47.7 Å². The highest BCUT2D eigenvalue weighted by Crippen LogP contribution is 2.47. The molecule has 2 aromatic heterocycles. The number of aryl methyl sites for hydroxylation is 1. The third kappa shape index (κ3) is 2.07. The summed E-state index contributed by atoms with van der Waals surface area (Å²) in [6.07, 6.45) is 3.96. The average molecular weight is 298 g/mol. The Morgan fingerprint density at radius 2 is 2.14 bits per heavy atom. The second-order valence-corrected chi connectivity index (χ2v) is 7.09. The predicted molar refractivity (Wildman–Crippen MR) is 86.3 cm³/mol. The number of nitrogens with zero attached hydrogens (tertiary/aromatic N) is 4. The molecule has 0 aliphatic carbocycles. The Bertz CT molecular complexity index is 679. The molecule has 4 heterocycles. The molecule has 0 saturated carbocycles. The van der Waals surface area contributed by atoms with Gasteiger partial charge in [0.1, 0.15) is 6.04 Å². The van der Waals surface area contributed by atoms with Crippen molar-refractivity contribution in [2.45, 2.75) is 24.3 Å². The van der Waals surface area contributed by atoms with E-state index in [0.29, 0.717) is 5.25 Å². The molecule has 0 unspecified atom stereocenters. The highest BCUT2D eigenvalue weighted by atomic mass is 32.2. The largest absolute Gasteiger partial charge is 0.353 e. The van der Waals surface area contributed by atoms with Crippen molar-refractivity contribution in [3.8, 4) is 0 Å². The molecule has 4 rings (SSSR count). The Hall–Kier alpha value is -1.75. The Labute approximate surface area is 128 Å². The van der Waals surface area contributed by atoms with Crippen molar-refractivity contribution in [3.05, 3.63) is 54.1 Å². The smallest absolute Gasteiger partial charge is 0.160 e. The average Bonchev–Trinajstić information content (AvgIpc) is 3.14. The van der Waals surface area contributed by atoms with Crippen molar-refractivity contribution >= 4 is 16.9 Å². The van der Waals surface area contributed by atoms with Crippen LogP contribution in [-0.2, 0) is 7.05 Å². The Morgan fingerprint density at radius 3 is 2.86 bits per heavy atom. The van der Waals surface area contributed by atoms with Crippen molar-refractivity contribution in [2.75, 3.05) is 6.54 Å². The summed E-state index contributed by atoms with van der Waals surface area (Å²) in [7, 11) is 2.11. The van der Waals surface area contributed by atoms with Gasteiger partial charge in [-0.05, 0) is 24.3 Å². The van der Waals surface area contributed by atoms with Crippen LogP contribution < -0.4 is 0 Å². The van der Waals surface area contributed by atoms with Gasteiger partial charge in [0, 0.05) is 36.9 Å². The maximum Gasteiger partial charge on any atom is 0.160 e. The van der Waals surface area contributed by atoms with Crippen LogP contribution in [0.1, 0.15) is 30.4 Å². The minimum absolute atomic E-state index is 0.0924. The van der Waals surface area contributed by atoms with Gasteiger partial charge in [-0.2, -0.15) is 0 Å². The highest BCUT2D eigenvalue weighted by Gasteiger charge is 2.44. The van der Waals surface area contributed by atoms with Crippen LogP contribution in [0.3, 0.4) is 0 Å². The molecule has 0 N–H and O–H groups in total. The van der Waals surface area contributed by atoms with Crippen LogP contribution in [0.2, 0.25) is 0 Å². The van der Waals surface area contributed by atoms with Gasteiger partial charge in [-0.3, -0.25) is 9.98 Å². The Balaban J connectivity index is 1.79. The summed E-state index contributed by atoms with van der Waals surface area (Å²) in [5, 5.41) is 1.78. The van der Waals surface area contributed by atoms with Gasteiger partial charge in [0.25, 0.3) is 0 Å². The Morgan fingerprint density at radius 1 is 1.24 bits per heavy atom. The van der Waals surface area contributed by atoms with Gasteiger partial charge in [0.15, 0.2) is 5.17 Å². The number of rotatable bonds is 2. The molecule has 2 aliphatic rings. The van der Waals surface area contributed by atoms with Crippen LogP contribution in [-0.4, -0.2) is 31.4 Å². The van der Waals surface area contributed by atoms with E-state index in [-0.39, 0.29) is 12.1 Å². The van der Waals surface area contributed by atoms with Gasteiger partial charge in [0.2, 0.25) is 0 Å². The zero-order valence-corrected chi connectivity index (χ0v) is 13.0. The first-order chi connectivity index (χ1) is 10.2. The second-order valence-electron chi connectivity index (χ2n) is 5.68. The SMILES string of the molecule is C[C@@H]1CN2C(=N[C@@H](c3ccccn3)[C@H]2c2cccn2C)S1. The summed E-state index contributed by atoms with van der Waals surface area (Å²) in [4.78, 5) is 12.0. The third-order valence-electron chi connectivity index (χ3n) is 4.17. The molecular formula is C16H18N4S. The number of hydrogen-bond donors (Lipinski definition) is 0. The van der Waals surface area contributed by atoms with E-state index in [1.54, 1.807) is 0 Å². The maximum absolute atomic E-state index is 4.98. The first-order valence-electron chi connectivity index (χ1n) is 7.27. The van der Waals surface area contributed by atoms with Crippen molar-refractivity contribution in [1.29, 1.82) is 0 Å². The van der Waals surface area contributed by atoms with Crippen molar-refractivity contribution in [1.82, 2.24) is 14.5 Å². The van der Waals surface area contributed by atoms with E-state index in [4.69, 9.17) is 4.99 Å². The van der Waals surface area contributed by atoms with E-state index < -0.39 is 0 Å². The normalized spacial score (nSPS) is 27.8. The van der Waals surface area contributed by atoms with Gasteiger partial charge < -0.3 is 9.47 Å². The molecular weight excluding hydrogens is 280 g/mol. The topological polar surface area (TPSA) is 33.4 Å². The number of fused-ring (bicyclic) bond motifs is 1. The second kappa shape index (κ2) is 4.91. The summed E-state index contributed by atoms with van der Waals surface area (Å²) < 4.78 is 2.20. The molecule has 1 fully saturated rings. The zero-order chi connectivity index (χ0) is 14.4. The van der Waals surface area contributed by atoms with E-state index in [2.05, 4.69) is 52.8 Å². The minimum Gasteiger partial charge on any atom is -0.353 e. The van der Waals surface area contributed by atoms with Crippen molar-refractivity contribution < 1.29 is 0 Å². The summed E-state index contributed by atoms with van der Waals surface area (Å²) in [5.41, 5.74) is 2.36. The summed E-state index contributed by atoms with van der Waals surface area (Å²) in [6, 6.07) is 10.7. The van der Waals surface area contributed by atoms with Crippen LogP contribution >= 0.6 is 11.8 Å². The quantitative estimate of drug-likeness (QED) is 0.854. The molecule has 3 atom stereocenters. The fourth-order valence-corrected chi connectivity index (χ4v) is 4.31. The number of hydrogen-bond acceptors (Lipinski definition) is 4. The molecule has 0 bridgehead atoms. The fraction of sp³-hybridized carbons (Fsp3) is 0.375.